The second-order valence-electron chi connectivity index (χ2n) is 9.43. The van der Waals surface area contributed by atoms with Crippen molar-refractivity contribution in [2.45, 2.75) is 50.2 Å². The molecule has 8 heteroatoms. The maximum atomic E-state index is 12.3. The monoisotopic (exact) mass is 455 g/mol. The fourth-order valence-corrected chi connectivity index (χ4v) is 4.67. The molecular weight excluding hydrogens is 426 g/mol. The van der Waals surface area contributed by atoms with Crippen LogP contribution in [0.4, 0.5) is 4.79 Å². The third kappa shape index (κ3) is 4.96. The van der Waals surface area contributed by atoms with Gasteiger partial charge in [-0.25, -0.2) is 13.2 Å². The van der Waals surface area contributed by atoms with Crippen LogP contribution in [0.2, 0.25) is 0 Å². The van der Waals surface area contributed by atoms with E-state index in [0.717, 1.165) is 28.6 Å². The highest BCUT2D eigenvalue weighted by molar-refractivity contribution is 7.90. The molecular formula is C24H29N3O4S. The van der Waals surface area contributed by atoms with Crippen LogP contribution in [-0.4, -0.2) is 53.9 Å². The summed E-state index contributed by atoms with van der Waals surface area (Å²) >= 11 is 0. The molecule has 7 nitrogen and oxygen atoms in total. The largest absolute Gasteiger partial charge is 0.444 e. The van der Waals surface area contributed by atoms with E-state index in [-0.39, 0.29) is 12.0 Å². The first kappa shape index (κ1) is 22.3. The predicted molar refractivity (Wildman–Crippen MR) is 124 cm³/mol. The first-order chi connectivity index (χ1) is 15.0. The van der Waals surface area contributed by atoms with Crippen molar-refractivity contribution in [1.82, 2.24) is 14.5 Å². The average molecular weight is 456 g/mol. The molecule has 170 valence electrons. The number of nitrogens with zero attached hydrogens (tertiary/aromatic N) is 3. The Balaban J connectivity index is 1.43. The van der Waals surface area contributed by atoms with Gasteiger partial charge in [-0.05, 0) is 63.1 Å². The van der Waals surface area contributed by atoms with Crippen molar-refractivity contribution in [3.05, 3.63) is 60.0 Å². The molecule has 0 saturated carbocycles. The number of carbonyl (C=O) groups excluding carboxylic acids is 1. The zero-order chi connectivity index (χ0) is 23.1. The molecule has 1 unspecified atom stereocenters. The average Bonchev–Trinajstić information content (AvgIpc) is 3.34. The number of benzene rings is 1. The molecule has 1 amide bonds. The van der Waals surface area contributed by atoms with Crippen molar-refractivity contribution in [2.24, 2.45) is 0 Å². The van der Waals surface area contributed by atoms with Gasteiger partial charge in [0, 0.05) is 48.6 Å². The second-order valence-corrected chi connectivity index (χ2v) is 11.4. The lowest BCUT2D eigenvalue weighted by molar-refractivity contribution is 0.0292. The van der Waals surface area contributed by atoms with Gasteiger partial charge in [0.25, 0.3) is 0 Å². The van der Waals surface area contributed by atoms with E-state index in [0.29, 0.717) is 24.5 Å². The van der Waals surface area contributed by atoms with Gasteiger partial charge in [-0.1, -0.05) is 6.07 Å². The highest BCUT2D eigenvalue weighted by atomic mass is 32.2. The molecule has 32 heavy (non-hydrogen) atoms. The first-order valence-electron chi connectivity index (χ1n) is 10.7. The number of pyridine rings is 1. The Labute approximate surface area is 188 Å². The van der Waals surface area contributed by atoms with Crippen molar-refractivity contribution in [1.29, 1.82) is 0 Å². The number of sulfone groups is 1. The summed E-state index contributed by atoms with van der Waals surface area (Å²) in [6.07, 6.45) is 5.69. The third-order valence-corrected chi connectivity index (χ3v) is 6.77. The smallest absolute Gasteiger partial charge is 0.410 e. The molecule has 3 aromatic rings. The Bertz CT molecular complexity index is 1240. The molecule has 0 aliphatic carbocycles. The van der Waals surface area contributed by atoms with E-state index in [1.807, 2.05) is 51.4 Å². The van der Waals surface area contributed by atoms with Crippen LogP contribution >= 0.6 is 0 Å². The van der Waals surface area contributed by atoms with Crippen LogP contribution < -0.4 is 0 Å². The number of hydrogen-bond donors (Lipinski definition) is 0. The van der Waals surface area contributed by atoms with E-state index in [1.165, 1.54) is 6.26 Å². The van der Waals surface area contributed by atoms with Gasteiger partial charge in [0.15, 0.2) is 9.84 Å². The van der Waals surface area contributed by atoms with Gasteiger partial charge in [0.2, 0.25) is 0 Å². The lowest BCUT2D eigenvalue weighted by Crippen LogP contribution is -2.35. The number of ether oxygens (including phenoxy) is 1. The quantitative estimate of drug-likeness (QED) is 0.589. The van der Waals surface area contributed by atoms with Crippen molar-refractivity contribution in [2.75, 3.05) is 19.3 Å². The van der Waals surface area contributed by atoms with Crippen molar-refractivity contribution in [3.8, 4) is 0 Å². The molecule has 0 bridgehead atoms. The highest BCUT2D eigenvalue weighted by Gasteiger charge is 2.30. The zero-order valence-corrected chi connectivity index (χ0v) is 19.7. The number of fused-ring (bicyclic) bond motifs is 1. The Morgan fingerprint density at radius 1 is 1.19 bits per heavy atom. The first-order valence-corrected chi connectivity index (χ1v) is 12.6. The van der Waals surface area contributed by atoms with Gasteiger partial charge >= 0.3 is 6.09 Å². The van der Waals surface area contributed by atoms with Crippen LogP contribution in [0.25, 0.3) is 10.9 Å². The van der Waals surface area contributed by atoms with Gasteiger partial charge in [-0.15, -0.1) is 0 Å². The van der Waals surface area contributed by atoms with E-state index in [1.54, 1.807) is 17.0 Å². The minimum absolute atomic E-state index is 0.255. The van der Waals surface area contributed by atoms with Crippen LogP contribution in [0.3, 0.4) is 0 Å². The number of likely N-dealkylation sites (tertiary alicyclic amines) is 1. The fourth-order valence-electron chi connectivity index (χ4n) is 4.02. The minimum Gasteiger partial charge on any atom is -0.444 e. The maximum Gasteiger partial charge on any atom is 0.410 e. The SMILES string of the molecule is CC(C)(C)OC(=O)N1CCC(c2ccc(Cn3ccc4cc(S(C)(=O)=O)ccc43)nc2)C1. The minimum atomic E-state index is -3.23. The molecule has 1 fully saturated rings. The lowest BCUT2D eigenvalue weighted by atomic mass is 10.0. The van der Waals surface area contributed by atoms with Gasteiger partial charge in [-0.2, -0.15) is 0 Å². The molecule has 4 rings (SSSR count). The molecule has 1 aliphatic rings. The predicted octanol–water partition coefficient (Wildman–Crippen LogP) is 4.21. The highest BCUT2D eigenvalue weighted by Crippen LogP contribution is 2.28. The van der Waals surface area contributed by atoms with Gasteiger partial charge in [-0.3, -0.25) is 4.98 Å². The van der Waals surface area contributed by atoms with Gasteiger partial charge in [0.1, 0.15) is 5.60 Å². The van der Waals surface area contributed by atoms with Crippen molar-refractivity contribution in [3.63, 3.8) is 0 Å². The van der Waals surface area contributed by atoms with Crippen molar-refractivity contribution < 1.29 is 17.9 Å². The number of aromatic nitrogens is 2. The molecule has 1 atom stereocenters. The number of rotatable bonds is 4. The number of carbonyl (C=O) groups is 1. The standard InChI is InChI=1S/C24H29N3O4S/c1-24(2,3)31-23(28)27-12-10-19(15-27)18-5-6-20(25-14-18)16-26-11-9-17-13-21(32(4,29)30)7-8-22(17)26/h5-9,11,13-14,19H,10,12,15-16H2,1-4H3. The van der Waals surface area contributed by atoms with E-state index >= 15 is 0 Å². The van der Waals surface area contributed by atoms with E-state index in [9.17, 15) is 13.2 Å². The van der Waals surface area contributed by atoms with Crippen molar-refractivity contribution >= 4 is 26.8 Å². The molecule has 0 spiro atoms. The summed E-state index contributed by atoms with van der Waals surface area (Å²) in [5.41, 5.74) is 2.51. The maximum absolute atomic E-state index is 12.3. The summed E-state index contributed by atoms with van der Waals surface area (Å²) in [5, 5.41) is 0.887. The third-order valence-electron chi connectivity index (χ3n) is 5.66. The summed E-state index contributed by atoms with van der Waals surface area (Å²) in [6, 6.07) is 11.2. The summed E-state index contributed by atoms with van der Waals surface area (Å²) in [5.74, 6) is 0.255. The molecule has 0 N–H and O–H groups in total. The Kier molecular flexibility index (Phi) is 5.75. The Morgan fingerprint density at radius 2 is 1.97 bits per heavy atom. The van der Waals surface area contributed by atoms with Crippen LogP contribution in [0.1, 0.15) is 44.4 Å². The molecule has 1 saturated heterocycles. The van der Waals surface area contributed by atoms with E-state index in [2.05, 4.69) is 15.6 Å². The van der Waals surface area contributed by atoms with Gasteiger partial charge in [0.05, 0.1) is 17.1 Å². The number of hydrogen-bond acceptors (Lipinski definition) is 5. The molecule has 1 aromatic carbocycles. The van der Waals surface area contributed by atoms with Gasteiger partial charge < -0.3 is 14.2 Å². The normalized spacial score (nSPS) is 17.1. The fraction of sp³-hybridized carbons (Fsp3) is 0.417. The van der Waals surface area contributed by atoms with Crippen LogP contribution in [0, 0.1) is 0 Å². The van der Waals surface area contributed by atoms with Crippen LogP contribution in [0.15, 0.2) is 53.7 Å². The second kappa shape index (κ2) is 8.24. The molecule has 0 radical (unpaired) electrons. The van der Waals surface area contributed by atoms with E-state index in [4.69, 9.17) is 4.74 Å². The summed E-state index contributed by atoms with van der Waals surface area (Å²) < 4.78 is 31.1. The number of amides is 1. The topological polar surface area (TPSA) is 81.5 Å². The van der Waals surface area contributed by atoms with Crippen LogP contribution in [0.5, 0.6) is 0 Å². The summed E-state index contributed by atoms with van der Waals surface area (Å²) in [4.78, 5) is 19.0. The van der Waals surface area contributed by atoms with E-state index < -0.39 is 15.4 Å². The lowest BCUT2D eigenvalue weighted by Gasteiger charge is -2.24. The summed E-state index contributed by atoms with van der Waals surface area (Å²) in [7, 11) is -3.23. The molecule has 1 aliphatic heterocycles. The Hall–Kier alpha value is -2.87. The van der Waals surface area contributed by atoms with Crippen LogP contribution in [-0.2, 0) is 21.1 Å². The summed E-state index contributed by atoms with van der Waals surface area (Å²) in [6.45, 7) is 7.54. The molecule has 2 aromatic heterocycles. The zero-order valence-electron chi connectivity index (χ0n) is 18.9. The Morgan fingerprint density at radius 3 is 2.62 bits per heavy atom. The molecule has 3 heterocycles.